The molecule has 1 atom stereocenters. The first kappa shape index (κ1) is 28.9. The number of nitrogens with one attached hydrogen (secondary N) is 1. The molecular weight excluding hydrogens is 382 g/mol. The Hall–Kier alpha value is -0.350. The van der Waals surface area contributed by atoms with Crippen molar-refractivity contribution in [2.45, 2.75) is 90.0 Å². The second kappa shape index (κ2) is 20.4. The normalized spacial score (nSPS) is 11.5. The van der Waals surface area contributed by atoms with Gasteiger partial charge in [-0.3, -0.25) is 0 Å². The van der Waals surface area contributed by atoms with Crippen molar-refractivity contribution in [3.05, 3.63) is 35.6 Å². The summed E-state index contributed by atoms with van der Waals surface area (Å²) < 4.78 is 12.9. The highest BCUT2D eigenvalue weighted by molar-refractivity contribution is 5.85. The molecule has 0 saturated heterocycles. The molecule has 0 spiro atoms. The SMILES string of the molecule is CCCCCCCCCCCCNCCCC(N)c1ccc(F)cc1.Cl.Cl. The van der Waals surface area contributed by atoms with Crippen molar-refractivity contribution in [3.63, 3.8) is 0 Å². The van der Waals surface area contributed by atoms with Crippen LogP contribution in [0.4, 0.5) is 4.39 Å². The third kappa shape index (κ3) is 16.3. The van der Waals surface area contributed by atoms with Crippen molar-refractivity contribution in [1.29, 1.82) is 0 Å². The molecule has 0 heterocycles. The molecule has 0 aliphatic carbocycles. The summed E-state index contributed by atoms with van der Waals surface area (Å²) in [6.07, 6.45) is 15.8. The quantitative estimate of drug-likeness (QED) is 0.282. The second-order valence-corrected chi connectivity index (χ2v) is 7.23. The molecule has 0 amide bonds. The van der Waals surface area contributed by atoms with Gasteiger partial charge in [-0.1, -0.05) is 76.8 Å². The van der Waals surface area contributed by atoms with Crippen LogP contribution < -0.4 is 11.1 Å². The van der Waals surface area contributed by atoms with Crippen LogP contribution in [-0.2, 0) is 0 Å². The molecule has 5 heteroatoms. The summed E-state index contributed by atoms with van der Waals surface area (Å²) in [6.45, 7) is 4.41. The molecule has 0 fully saturated rings. The lowest BCUT2D eigenvalue weighted by Gasteiger charge is -2.12. The average molecular weight is 423 g/mol. The summed E-state index contributed by atoms with van der Waals surface area (Å²) in [7, 11) is 0. The number of hydrogen-bond acceptors (Lipinski definition) is 2. The van der Waals surface area contributed by atoms with E-state index in [1.54, 1.807) is 12.1 Å². The van der Waals surface area contributed by atoms with Crippen LogP contribution >= 0.6 is 24.8 Å². The van der Waals surface area contributed by atoms with E-state index >= 15 is 0 Å². The van der Waals surface area contributed by atoms with Gasteiger partial charge in [0.25, 0.3) is 0 Å². The first-order valence-electron chi connectivity index (χ1n) is 10.5. The van der Waals surface area contributed by atoms with Crippen LogP contribution in [0.15, 0.2) is 24.3 Å². The predicted octanol–water partition coefficient (Wildman–Crippen LogP) is 6.96. The zero-order valence-electron chi connectivity index (χ0n) is 17.1. The maximum absolute atomic E-state index is 12.9. The van der Waals surface area contributed by atoms with E-state index in [1.807, 2.05) is 0 Å². The smallest absolute Gasteiger partial charge is 0.123 e. The average Bonchev–Trinajstić information content (AvgIpc) is 2.62. The molecule has 1 rings (SSSR count). The van der Waals surface area contributed by atoms with Crippen LogP contribution in [0.1, 0.15) is 95.6 Å². The number of rotatable bonds is 16. The van der Waals surface area contributed by atoms with Crippen molar-refractivity contribution in [2.24, 2.45) is 5.73 Å². The van der Waals surface area contributed by atoms with Gasteiger partial charge in [0.2, 0.25) is 0 Å². The molecule has 160 valence electrons. The van der Waals surface area contributed by atoms with Gasteiger partial charge in [0, 0.05) is 6.04 Å². The highest BCUT2D eigenvalue weighted by atomic mass is 35.5. The van der Waals surface area contributed by atoms with Gasteiger partial charge in [0.15, 0.2) is 0 Å². The summed E-state index contributed by atoms with van der Waals surface area (Å²) in [4.78, 5) is 0. The molecule has 0 aliphatic rings. The highest BCUT2D eigenvalue weighted by Crippen LogP contribution is 2.15. The Bertz CT molecular complexity index is 415. The van der Waals surface area contributed by atoms with E-state index in [4.69, 9.17) is 5.73 Å². The molecule has 1 aromatic carbocycles. The van der Waals surface area contributed by atoms with Crippen molar-refractivity contribution < 1.29 is 4.39 Å². The molecule has 0 aliphatic heterocycles. The van der Waals surface area contributed by atoms with Crippen molar-refractivity contribution in [2.75, 3.05) is 13.1 Å². The lowest BCUT2D eigenvalue weighted by Crippen LogP contribution is -2.19. The molecule has 2 nitrogen and oxygen atoms in total. The Morgan fingerprint density at radius 3 is 1.81 bits per heavy atom. The van der Waals surface area contributed by atoms with Gasteiger partial charge >= 0.3 is 0 Å². The van der Waals surface area contributed by atoms with Crippen LogP contribution in [0.2, 0.25) is 0 Å². The highest BCUT2D eigenvalue weighted by Gasteiger charge is 2.05. The summed E-state index contributed by atoms with van der Waals surface area (Å²) in [5, 5.41) is 3.51. The fourth-order valence-electron chi connectivity index (χ4n) is 3.19. The molecular formula is C22H41Cl2FN2. The van der Waals surface area contributed by atoms with Gasteiger partial charge < -0.3 is 11.1 Å². The molecule has 1 aromatic rings. The molecule has 0 saturated carbocycles. The molecule has 0 bridgehead atoms. The Morgan fingerprint density at radius 2 is 1.26 bits per heavy atom. The largest absolute Gasteiger partial charge is 0.324 e. The van der Waals surface area contributed by atoms with Crippen molar-refractivity contribution >= 4 is 24.8 Å². The summed E-state index contributed by atoms with van der Waals surface area (Å²) in [6, 6.07) is 6.56. The first-order chi connectivity index (χ1) is 12.2. The number of halogens is 3. The van der Waals surface area contributed by atoms with Crippen LogP contribution in [-0.4, -0.2) is 13.1 Å². The summed E-state index contributed by atoms with van der Waals surface area (Å²) in [5.74, 6) is -0.200. The van der Waals surface area contributed by atoms with E-state index in [0.717, 1.165) is 31.5 Å². The van der Waals surface area contributed by atoms with E-state index in [-0.39, 0.29) is 36.7 Å². The minimum atomic E-state index is -0.200. The third-order valence-corrected chi connectivity index (χ3v) is 4.87. The minimum Gasteiger partial charge on any atom is -0.324 e. The lowest BCUT2D eigenvalue weighted by atomic mass is 10.0. The molecule has 0 aromatic heterocycles. The van der Waals surface area contributed by atoms with Gasteiger partial charge in [-0.25, -0.2) is 4.39 Å². The first-order valence-corrected chi connectivity index (χ1v) is 10.5. The Labute approximate surface area is 179 Å². The number of benzene rings is 1. The fourth-order valence-corrected chi connectivity index (χ4v) is 3.19. The van der Waals surface area contributed by atoms with Gasteiger partial charge in [0.1, 0.15) is 5.82 Å². The maximum Gasteiger partial charge on any atom is 0.123 e. The van der Waals surface area contributed by atoms with E-state index in [1.165, 1.54) is 76.3 Å². The van der Waals surface area contributed by atoms with E-state index < -0.39 is 0 Å². The molecule has 3 N–H and O–H groups in total. The Morgan fingerprint density at radius 1 is 0.778 bits per heavy atom. The minimum absolute atomic E-state index is 0. The fraction of sp³-hybridized carbons (Fsp3) is 0.727. The number of nitrogens with two attached hydrogens (primary N) is 1. The lowest BCUT2D eigenvalue weighted by molar-refractivity contribution is 0.528. The zero-order valence-corrected chi connectivity index (χ0v) is 18.7. The number of unbranched alkanes of at least 4 members (excludes halogenated alkanes) is 9. The van der Waals surface area contributed by atoms with Crippen LogP contribution in [0.25, 0.3) is 0 Å². The van der Waals surface area contributed by atoms with Crippen molar-refractivity contribution in [1.82, 2.24) is 5.32 Å². The summed E-state index contributed by atoms with van der Waals surface area (Å²) >= 11 is 0. The van der Waals surface area contributed by atoms with E-state index in [2.05, 4.69) is 12.2 Å². The molecule has 1 unspecified atom stereocenters. The third-order valence-electron chi connectivity index (χ3n) is 4.87. The maximum atomic E-state index is 12.9. The number of hydrogen-bond donors (Lipinski definition) is 2. The van der Waals surface area contributed by atoms with Gasteiger partial charge in [-0.15, -0.1) is 24.8 Å². The topological polar surface area (TPSA) is 38.0 Å². The summed E-state index contributed by atoms with van der Waals surface area (Å²) in [5.41, 5.74) is 7.17. The van der Waals surface area contributed by atoms with Gasteiger partial charge in [0.05, 0.1) is 0 Å². The monoisotopic (exact) mass is 422 g/mol. The Kier molecular flexibility index (Phi) is 21.8. The molecule has 0 radical (unpaired) electrons. The van der Waals surface area contributed by atoms with E-state index in [9.17, 15) is 4.39 Å². The second-order valence-electron chi connectivity index (χ2n) is 7.23. The zero-order chi connectivity index (χ0) is 18.2. The van der Waals surface area contributed by atoms with Crippen LogP contribution in [0, 0.1) is 5.82 Å². The van der Waals surface area contributed by atoms with Gasteiger partial charge in [-0.2, -0.15) is 0 Å². The van der Waals surface area contributed by atoms with Crippen molar-refractivity contribution in [3.8, 4) is 0 Å². The Balaban J connectivity index is 0. The molecule has 27 heavy (non-hydrogen) atoms. The van der Waals surface area contributed by atoms with Crippen LogP contribution in [0.5, 0.6) is 0 Å². The van der Waals surface area contributed by atoms with E-state index in [0.29, 0.717) is 0 Å². The van der Waals surface area contributed by atoms with Crippen LogP contribution in [0.3, 0.4) is 0 Å². The predicted molar refractivity (Wildman–Crippen MR) is 122 cm³/mol. The standard InChI is InChI=1S/C22H39FN2.2ClH/c1-2-3-4-5-6-7-8-9-10-11-18-25-19-12-13-22(24)20-14-16-21(23)17-15-20;;/h14-17,22,25H,2-13,18-19,24H2,1H3;2*1H. The van der Waals surface area contributed by atoms with Gasteiger partial charge in [-0.05, 0) is 50.0 Å².